The van der Waals surface area contributed by atoms with E-state index < -0.39 is 5.91 Å². The average Bonchev–Trinajstić information content (AvgIpc) is 2.77. The Bertz CT molecular complexity index is 1190. The molecule has 0 aromatic heterocycles. The van der Waals surface area contributed by atoms with Gasteiger partial charge in [0.25, 0.3) is 5.91 Å². The molecule has 0 heterocycles. The molecule has 0 saturated carbocycles. The maximum atomic E-state index is 12.6. The number of rotatable bonds is 8. The van der Waals surface area contributed by atoms with E-state index in [1.54, 1.807) is 30.3 Å². The summed E-state index contributed by atoms with van der Waals surface area (Å²) >= 11 is 8.19. The molecule has 162 valence electrons. The molecule has 3 aromatic carbocycles. The average molecular weight is 559 g/mol. The van der Waals surface area contributed by atoms with Crippen LogP contribution in [0, 0.1) is 14.9 Å². The minimum absolute atomic E-state index is 0.0149. The van der Waals surface area contributed by atoms with E-state index in [0.717, 1.165) is 9.13 Å². The number of ether oxygens (including phenoxy) is 2. The zero-order chi connectivity index (χ0) is 22.9. The molecule has 0 aliphatic carbocycles. The molecule has 32 heavy (non-hydrogen) atoms. The van der Waals surface area contributed by atoms with Crippen molar-refractivity contribution in [1.82, 2.24) is 0 Å². The summed E-state index contributed by atoms with van der Waals surface area (Å²) in [6.07, 6.45) is 1.52. The second-order valence-electron chi connectivity index (χ2n) is 6.69. The van der Waals surface area contributed by atoms with E-state index in [1.165, 1.54) is 6.08 Å². The van der Waals surface area contributed by atoms with Gasteiger partial charge in [0, 0.05) is 14.3 Å². The van der Waals surface area contributed by atoms with Gasteiger partial charge in [-0.1, -0.05) is 35.9 Å². The number of hydrogen-bond donors (Lipinski definition) is 1. The first kappa shape index (κ1) is 23.6. The van der Waals surface area contributed by atoms with E-state index in [9.17, 15) is 10.1 Å². The molecule has 0 aliphatic rings. The number of carbonyl (C=O) groups excluding carboxylic acids is 1. The lowest BCUT2D eigenvalue weighted by Gasteiger charge is -2.13. The zero-order valence-electron chi connectivity index (χ0n) is 17.3. The number of nitrogens with one attached hydrogen (secondary N) is 1. The fourth-order valence-corrected chi connectivity index (χ4v) is 3.63. The summed E-state index contributed by atoms with van der Waals surface area (Å²) in [4.78, 5) is 12.6. The SMILES string of the molecule is CCOc1cc(/C=C(\C#N)C(=O)Nc2cccc(I)c2)ccc1OCc1cccc(Cl)c1. The van der Waals surface area contributed by atoms with Crippen LogP contribution in [0.15, 0.2) is 72.3 Å². The van der Waals surface area contributed by atoms with Gasteiger partial charge in [-0.05, 0) is 89.2 Å². The third-order valence-electron chi connectivity index (χ3n) is 4.31. The van der Waals surface area contributed by atoms with Gasteiger partial charge in [-0.2, -0.15) is 5.26 Å². The second kappa shape index (κ2) is 11.6. The molecule has 0 aliphatic heterocycles. The van der Waals surface area contributed by atoms with Crippen molar-refractivity contribution in [1.29, 1.82) is 5.26 Å². The number of hydrogen-bond acceptors (Lipinski definition) is 4. The van der Waals surface area contributed by atoms with Crippen molar-refractivity contribution >= 4 is 51.9 Å². The van der Waals surface area contributed by atoms with Gasteiger partial charge in [0.15, 0.2) is 11.5 Å². The van der Waals surface area contributed by atoms with E-state index >= 15 is 0 Å². The third-order valence-corrected chi connectivity index (χ3v) is 5.22. The standard InChI is InChI=1S/C25H20ClIN2O3/c1-2-31-24-13-17(9-10-23(24)32-16-18-5-3-6-20(26)12-18)11-19(15-28)25(30)29-22-8-4-7-21(27)14-22/h3-14H,2,16H2,1H3,(H,29,30)/b19-11+. The first-order valence-electron chi connectivity index (χ1n) is 9.81. The van der Waals surface area contributed by atoms with Crippen LogP contribution in [0.3, 0.4) is 0 Å². The number of carbonyl (C=O) groups is 1. The van der Waals surface area contributed by atoms with Gasteiger partial charge in [-0.3, -0.25) is 4.79 Å². The highest BCUT2D eigenvalue weighted by molar-refractivity contribution is 14.1. The summed E-state index contributed by atoms with van der Waals surface area (Å²) < 4.78 is 12.6. The largest absolute Gasteiger partial charge is 0.490 e. The molecule has 1 amide bonds. The summed E-state index contributed by atoms with van der Waals surface area (Å²) in [6, 6.07) is 22.0. The summed E-state index contributed by atoms with van der Waals surface area (Å²) in [5, 5.41) is 12.9. The van der Waals surface area contributed by atoms with E-state index in [2.05, 4.69) is 27.9 Å². The number of halogens is 2. The number of nitriles is 1. The lowest BCUT2D eigenvalue weighted by Crippen LogP contribution is -2.13. The van der Waals surface area contributed by atoms with E-state index in [-0.39, 0.29) is 5.57 Å². The van der Waals surface area contributed by atoms with Crippen LogP contribution in [0.4, 0.5) is 5.69 Å². The first-order chi connectivity index (χ1) is 15.5. The zero-order valence-corrected chi connectivity index (χ0v) is 20.2. The van der Waals surface area contributed by atoms with Gasteiger partial charge < -0.3 is 14.8 Å². The molecule has 0 atom stereocenters. The van der Waals surface area contributed by atoms with Gasteiger partial charge in [-0.25, -0.2) is 0 Å². The van der Waals surface area contributed by atoms with Crippen molar-refractivity contribution in [3.05, 3.63) is 92.0 Å². The Balaban J connectivity index is 1.78. The predicted molar refractivity (Wildman–Crippen MR) is 135 cm³/mol. The molecule has 7 heteroatoms. The molecule has 0 unspecified atom stereocenters. The van der Waals surface area contributed by atoms with Gasteiger partial charge in [0.2, 0.25) is 0 Å². The molecule has 5 nitrogen and oxygen atoms in total. The highest BCUT2D eigenvalue weighted by Crippen LogP contribution is 2.30. The Kier molecular flexibility index (Phi) is 8.54. The Labute approximate surface area is 205 Å². The second-order valence-corrected chi connectivity index (χ2v) is 8.37. The number of nitrogens with zero attached hydrogens (tertiary/aromatic N) is 1. The van der Waals surface area contributed by atoms with E-state index in [4.69, 9.17) is 21.1 Å². The van der Waals surface area contributed by atoms with Crippen LogP contribution in [0.2, 0.25) is 5.02 Å². The molecular weight excluding hydrogens is 539 g/mol. The van der Waals surface area contributed by atoms with Crippen molar-refractivity contribution in [2.24, 2.45) is 0 Å². The van der Waals surface area contributed by atoms with Crippen LogP contribution < -0.4 is 14.8 Å². The number of benzene rings is 3. The maximum absolute atomic E-state index is 12.6. The molecule has 3 aromatic rings. The van der Waals surface area contributed by atoms with Crippen LogP contribution in [0.1, 0.15) is 18.1 Å². The molecule has 0 saturated heterocycles. The Morgan fingerprint density at radius 2 is 1.91 bits per heavy atom. The Morgan fingerprint density at radius 1 is 1.09 bits per heavy atom. The highest BCUT2D eigenvalue weighted by Gasteiger charge is 2.12. The first-order valence-corrected chi connectivity index (χ1v) is 11.3. The molecule has 0 fully saturated rings. The van der Waals surface area contributed by atoms with Crippen molar-refractivity contribution < 1.29 is 14.3 Å². The van der Waals surface area contributed by atoms with Crippen LogP contribution in [-0.4, -0.2) is 12.5 Å². The van der Waals surface area contributed by atoms with Gasteiger partial charge in [0.05, 0.1) is 6.61 Å². The third kappa shape index (κ3) is 6.74. The monoisotopic (exact) mass is 558 g/mol. The van der Waals surface area contributed by atoms with Gasteiger partial charge >= 0.3 is 0 Å². The predicted octanol–water partition coefficient (Wildman–Crippen LogP) is 6.47. The van der Waals surface area contributed by atoms with Gasteiger partial charge in [-0.15, -0.1) is 0 Å². The summed E-state index contributed by atoms with van der Waals surface area (Å²) in [7, 11) is 0. The van der Waals surface area contributed by atoms with Crippen molar-refractivity contribution in [3.63, 3.8) is 0 Å². The minimum atomic E-state index is -0.478. The normalized spacial score (nSPS) is 10.9. The van der Waals surface area contributed by atoms with Crippen LogP contribution >= 0.6 is 34.2 Å². The molecule has 1 N–H and O–H groups in total. The van der Waals surface area contributed by atoms with Crippen LogP contribution in [0.5, 0.6) is 11.5 Å². The van der Waals surface area contributed by atoms with Crippen molar-refractivity contribution in [2.75, 3.05) is 11.9 Å². The van der Waals surface area contributed by atoms with Crippen molar-refractivity contribution in [3.8, 4) is 17.6 Å². The molecule has 0 radical (unpaired) electrons. The Hall–Kier alpha value is -3.02. The van der Waals surface area contributed by atoms with Crippen LogP contribution in [-0.2, 0) is 11.4 Å². The topological polar surface area (TPSA) is 71.3 Å². The van der Waals surface area contributed by atoms with Crippen LogP contribution in [0.25, 0.3) is 6.08 Å². The minimum Gasteiger partial charge on any atom is -0.490 e. The molecular formula is C25H20ClIN2O3. The quantitative estimate of drug-likeness (QED) is 0.195. The van der Waals surface area contributed by atoms with E-state index in [0.29, 0.717) is 41.0 Å². The van der Waals surface area contributed by atoms with Gasteiger partial charge in [0.1, 0.15) is 18.2 Å². The lowest BCUT2D eigenvalue weighted by atomic mass is 10.1. The summed E-state index contributed by atoms with van der Waals surface area (Å²) in [6.45, 7) is 2.65. The summed E-state index contributed by atoms with van der Waals surface area (Å²) in [5.41, 5.74) is 2.20. The lowest BCUT2D eigenvalue weighted by molar-refractivity contribution is -0.112. The summed E-state index contributed by atoms with van der Waals surface area (Å²) in [5.74, 6) is 0.609. The number of anilines is 1. The highest BCUT2D eigenvalue weighted by atomic mass is 127. The molecule has 0 bridgehead atoms. The number of amides is 1. The fourth-order valence-electron chi connectivity index (χ4n) is 2.87. The maximum Gasteiger partial charge on any atom is 0.266 e. The smallest absolute Gasteiger partial charge is 0.266 e. The Morgan fingerprint density at radius 3 is 2.62 bits per heavy atom. The molecule has 3 rings (SSSR count). The molecule has 0 spiro atoms. The van der Waals surface area contributed by atoms with E-state index in [1.807, 2.05) is 49.4 Å². The fraction of sp³-hybridized carbons (Fsp3) is 0.120. The van der Waals surface area contributed by atoms with Crippen molar-refractivity contribution in [2.45, 2.75) is 13.5 Å².